The van der Waals surface area contributed by atoms with Crippen LogP contribution in [0, 0.1) is 5.82 Å². The van der Waals surface area contributed by atoms with Crippen molar-refractivity contribution in [3.05, 3.63) is 30.1 Å². The molecule has 7 heteroatoms. The molecule has 0 aliphatic carbocycles. The molecule has 1 aromatic rings. The molecule has 0 heterocycles. The van der Waals surface area contributed by atoms with Gasteiger partial charge in [0.2, 0.25) is 10.0 Å². The van der Waals surface area contributed by atoms with Gasteiger partial charge in [0.25, 0.3) is 0 Å². The SMILES string of the molecule is CC(C)OC(=O)CCNS(=O)(=O)c1cccc(F)c1. The van der Waals surface area contributed by atoms with Crippen LogP contribution in [0.15, 0.2) is 29.2 Å². The van der Waals surface area contributed by atoms with E-state index in [1.54, 1.807) is 13.8 Å². The number of benzene rings is 1. The molecule has 5 nitrogen and oxygen atoms in total. The predicted octanol–water partition coefficient (Wildman–Crippen LogP) is 1.45. The van der Waals surface area contributed by atoms with Gasteiger partial charge < -0.3 is 4.74 Å². The summed E-state index contributed by atoms with van der Waals surface area (Å²) >= 11 is 0. The average molecular weight is 289 g/mol. The van der Waals surface area contributed by atoms with Crippen molar-refractivity contribution in [3.8, 4) is 0 Å². The summed E-state index contributed by atoms with van der Waals surface area (Å²) in [6, 6.07) is 4.64. The lowest BCUT2D eigenvalue weighted by molar-refractivity contribution is -0.147. The maximum absolute atomic E-state index is 12.9. The smallest absolute Gasteiger partial charge is 0.307 e. The highest BCUT2D eigenvalue weighted by atomic mass is 32.2. The van der Waals surface area contributed by atoms with E-state index < -0.39 is 21.8 Å². The summed E-state index contributed by atoms with van der Waals surface area (Å²) in [5.74, 6) is -1.13. The number of carbonyl (C=O) groups is 1. The fourth-order valence-electron chi connectivity index (χ4n) is 1.33. The first-order chi connectivity index (χ1) is 8.81. The molecule has 106 valence electrons. The Balaban J connectivity index is 2.55. The van der Waals surface area contributed by atoms with Gasteiger partial charge in [0.1, 0.15) is 5.82 Å². The second kappa shape index (κ2) is 6.63. The molecule has 1 rings (SSSR count). The van der Waals surface area contributed by atoms with Crippen molar-refractivity contribution in [2.45, 2.75) is 31.3 Å². The Bertz CT molecular complexity index is 542. The van der Waals surface area contributed by atoms with E-state index in [4.69, 9.17) is 4.74 Å². The van der Waals surface area contributed by atoms with Crippen LogP contribution in [0.2, 0.25) is 0 Å². The lowest BCUT2D eigenvalue weighted by Gasteiger charge is -2.09. The van der Waals surface area contributed by atoms with Crippen LogP contribution in [0.1, 0.15) is 20.3 Å². The van der Waals surface area contributed by atoms with Crippen molar-refractivity contribution < 1.29 is 22.3 Å². The highest BCUT2D eigenvalue weighted by molar-refractivity contribution is 7.89. The summed E-state index contributed by atoms with van der Waals surface area (Å²) in [6.45, 7) is 3.31. The summed E-state index contributed by atoms with van der Waals surface area (Å²) in [7, 11) is -3.80. The number of rotatable bonds is 6. The Labute approximate surface area is 111 Å². The Morgan fingerprint density at radius 2 is 2.11 bits per heavy atom. The number of hydrogen-bond acceptors (Lipinski definition) is 4. The topological polar surface area (TPSA) is 72.5 Å². The fraction of sp³-hybridized carbons (Fsp3) is 0.417. The van der Waals surface area contributed by atoms with Gasteiger partial charge in [0, 0.05) is 6.54 Å². The van der Waals surface area contributed by atoms with Gasteiger partial charge in [-0.1, -0.05) is 6.07 Å². The van der Waals surface area contributed by atoms with E-state index in [-0.39, 0.29) is 24.0 Å². The number of ether oxygens (including phenoxy) is 1. The first-order valence-electron chi connectivity index (χ1n) is 5.76. The minimum absolute atomic E-state index is 0.0767. The van der Waals surface area contributed by atoms with Crippen LogP contribution in [0.3, 0.4) is 0 Å². The van der Waals surface area contributed by atoms with Gasteiger partial charge >= 0.3 is 5.97 Å². The predicted molar refractivity (Wildman–Crippen MR) is 67.4 cm³/mol. The van der Waals surface area contributed by atoms with Gasteiger partial charge in [-0.25, -0.2) is 17.5 Å². The second-order valence-corrected chi connectivity index (χ2v) is 5.91. The van der Waals surface area contributed by atoms with Gasteiger partial charge in [-0.2, -0.15) is 0 Å². The molecule has 0 saturated heterocycles. The van der Waals surface area contributed by atoms with E-state index in [0.717, 1.165) is 12.1 Å². The van der Waals surface area contributed by atoms with Crippen molar-refractivity contribution in [2.24, 2.45) is 0 Å². The van der Waals surface area contributed by atoms with Crippen LogP contribution < -0.4 is 4.72 Å². The number of sulfonamides is 1. The number of halogens is 1. The van der Waals surface area contributed by atoms with Gasteiger partial charge in [-0.15, -0.1) is 0 Å². The highest BCUT2D eigenvalue weighted by Crippen LogP contribution is 2.10. The standard InChI is InChI=1S/C12H16FNO4S/c1-9(2)18-12(15)6-7-14-19(16,17)11-5-3-4-10(13)8-11/h3-5,8-9,14H,6-7H2,1-2H3. The molecule has 0 unspecified atom stereocenters. The highest BCUT2D eigenvalue weighted by Gasteiger charge is 2.15. The van der Waals surface area contributed by atoms with E-state index in [1.165, 1.54) is 12.1 Å². The largest absolute Gasteiger partial charge is 0.463 e. The van der Waals surface area contributed by atoms with Crippen LogP contribution in [-0.2, 0) is 19.6 Å². The molecule has 0 radical (unpaired) electrons. The molecule has 0 atom stereocenters. The molecule has 19 heavy (non-hydrogen) atoms. The number of hydrogen-bond donors (Lipinski definition) is 1. The number of carbonyl (C=O) groups excluding carboxylic acids is 1. The zero-order valence-electron chi connectivity index (χ0n) is 10.7. The van der Waals surface area contributed by atoms with Gasteiger partial charge in [-0.05, 0) is 32.0 Å². The lowest BCUT2D eigenvalue weighted by atomic mass is 10.4. The maximum atomic E-state index is 12.9. The maximum Gasteiger partial charge on any atom is 0.307 e. The third kappa shape index (κ3) is 5.35. The van der Waals surface area contributed by atoms with E-state index in [0.29, 0.717) is 0 Å². The van der Waals surface area contributed by atoms with Crippen molar-refractivity contribution >= 4 is 16.0 Å². The summed E-state index contributed by atoms with van der Waals surface area (Å²) in [5.41, 5.74) is 0. The van der Waals surface area contributed by atoms with Crippen LogP contribution in [0.25, 0.3) is 0 Å². The van der Waals surface area contributed by atoms with Crippen LogP contribution in [-0.4, -0.2) is 27.0 Å². The second-order valence-electron chi connectivity index (χ2n) is 4.14. The minimum atomic E-state index is -3.80. The van der Waals surface area contributed by atoms with Crippen molar-refractivity contribution in [2.75, 3.05) is 6.54 Å². The lowest BCUT2D eigenvalue weighted by Crippen LogP contribution is -2.27. The first-order valence-corrected chi connectivity index (χ1v) is 7.24. The Kier molecular flexibility index (Phi) is 5.44. The van der Waals surface area contributed by atoms with E-state index in [9.17, 15) is 17.6 Å². The van der Waals surface area contributed by atoms with Crippen molar-refractivity contribution in [1.82, 2.24) is 4.72 Å². The summed E-state index contributed by atoms with van der Waals surface area (Å²) < 4.78 is 43.5. The van der Waals surface area contributed by atoms with Gasteiger partial charge in [-0.3, -0.25) is 4.79 Å². The average Bonchev–Trinajstić information content (AvgIpc) is 2.27. The van der Waals surface area contributed by atoms with E-state index in [1.807, 2.05) is 0 Å². The summed E-state index contributed by atoms with van der Waals surface area (Å²) in [6.07, 6.45) is -0.320. The molecule has 0 aliphatic rings. The molecule has 1 aromatic carbocycles. The summed E-state index contributed by atoms with van der Waals surface area (Å²) in [4.78, 5) is 11.0. The van der Waals surface area contributed by atoms with Crippen LogP contribution in [0.4, 0.5) is 4.39 Å². The molecular weight excluding hydrogens is 273 g/mol. The molecule has 0 aliphatic heterocycles. The van der Waals surface area contributed by atoms with E-state index in [2.05, 4.69) is 4.72 Å². The quantitative estimate of drug-likeness (QED) is 0.804. The molecule has 0 bridgehead atoms. The Hall–Kier alpha value is -1.47. The Morgan fingerprint density at radius 1 is 1.42 bits per heavy atom. The fourth-order valence-corrected chi connectivity index (χ4v) is 2.39. The van der Waals surface area contributed by atoms with E-state index >= 15 is 0 Å². The monoisotopic (exact) mass is 289 g/mol. The molecule has 1 N–H and O–H groups in total. The minimum Gasteiger partial charge on any atom is -0.463 e. The molecule has 0 amide bonds. The third-order valence-electron chi connectivity index (χ3n) is 2.09. The third-order valence-corrected chi connectivity index (χ3v) is 3.55. The van der Waals surface area contributed by atoms with Crippen LogP contribution >= 0.6 is 0 Å². The Morgan fingerprint density at radius 3 is 2.68 bits per heavy atom. The molecule has 0 fully saturated rings. The first kappa shape index (κ1) is 15.6. The normalized spacial score (nSPS) is 11.6. The number of nitrogens with one attached hydrogen (secondary N) is 1. The zero-order chi connectivity index (χ0) is 14.5. The molecular formula is C12H16FNO4S. The van der Waals surface area contributed by atoms with Crippen molar-refractivity contribution in [3.63, 3.8) is 0 Å². The zero-order valence-corrected chi connectivity index (χ0v) is 11.5. The summed E-state index contributed by atoms with van der Waals surface area (Å²) in [5, 5.41) is 0. The number of esters is 1. The van der Waals surface area contributed by atoms with Crippen molar-refractivity contribution in [1.29, 1.82) is 0 Å². The van der Waals surface area contributed by atoms with Crippen LogP contribution in [0.5, 0.6) is 0 Å². The van der Waals surface area contributed by atoms with Gasteiger partial charge in [0.05, 0.1) is 17.4 Å². The molecule has 0 saturated carbocycles. The molecule has 0 aromatic heterocycles. The molecule has 0 spiro atoms. The van der Waals surface area contributed by atoms with Gasteiger partial charge in [0.15, 0.2) is 0 Å².